The molecule has 31 heavy (non-hydrogen) atoms. The highest BCUT2D eigenvalue weighted by Gasteiger charge is 2.18. The maximum atomic E-state index is 12.8. The van der Waals surface area contributed by atoms with Crippen LogP contribution in [0.3, 0.4) is 0 Å². The van der Waals surface area contributed by atoms with Crippen molar-refractivity contribution in [3.05, 3.63) is 78.0 Å². The average Bonchev–Trinajstić information content (AvgIpc) is 3.34. The van der Waals surface area contributed by atoms with E-state index < -0.39 is 15.9 Å². The number of hydrogen-bond donors (Lipinski definition) is 2. The molecule has 0 aliphatic heterocycles. The third-order valence-corrected chi connectivity index (χ3v) is 6.27. The van der Waals surface area contributed by atoms with Crippen LogP contribution < -0.4 is 10.0 Å². The Kier molecular flexibility index (Phi) is 5.57. The van der Waals surface area contributed by atoms with E-state index in [-0.39, 0.29) is 17.0 Å². The van der Waals surface area contributed by atoms with E-state index in [1.165, 1.54) is 12.1 Å². The molecule has 3 heterocycles. The van der Waals surface area contributed by atoms with Crippen LogP contribution in [-0.2, 0) is 16.6 Å². The molecule has 0 saturated carbocycles. The van der Waals surface area contributed by atoms with Crippen LogP contribution in [0.2, 0.25) is 0 Å². The molecule has 0 saturated heterocycles. The van der Waals surface area contributed by atoms with E-state index in [4.69, 9.17) is 0 Å². The molecule has 0 bridgehead atoms. The maximum absolute atomic E-state index is 12.8. The molecule has 2 N–H and O–H groups in total. The van der Waals surface area contributed by atoms with Gasteiger partial charge >= 0.3 is 0 Å². The number of amides is 1. The molecule has 0 radical (unpaired) electrons. The van der Waals surface area contributed by atoms with Gasteiger partial charge in [0.25, 0.3) is 5.91 Å². The van der Waals surface area contributed by atoms with Crippen LogP contribution in [0.25, 0.3) is 5.65 Å². The van der Waals surface area contributed by atoms with Gasteiger partial charge in [0.2, 0.25) is 10.0 Å². The number of imidazole rings is 1. The van der Waals surface area contributed by atoms with E-state index in [1.54, 1.807) is 37.0 Å². The zero-order valence-electron chi connectivity index (χ0n) is 17.1. The van der Waals surface area contributed by atoms with Crippen molar-refractivity contribution in [3.8, 4) is 0 Å². The summed E-state index contributed by atoms with van der Waals surface area (Å²) in [6.07, 6.45) is 7.10. The lowest BCUT2D eigenvalue weighted by Crippen LogP contribution is -2.24. The Morgan fingerprint density at radius 1 is 1.16 bits per heavy atom. The Bertz CT molecular complexity index is 1320. The summed E-state index contributed by atoms with van der Waals surface area (Å²) < 4.78 is 30.5. The van der Waals surface area contributed by atoms with Gasteiger partial charge < -0.3 is 9.72 Å². The van der Waals surface area contributed by atoms with Crippen molar-refractivity contribution in [2.75, 3.05) is 11.9 Å². The van der Waals surface area contributed by atoms with Gasteiger partial charge in [-0.1, -0.05) is 19.1 Å². The highest BCUT2D eigenvalue weighted by molar-refractivity contribution is 7.89. The Labute approximate surface area is 179 Å². The summed E-state index contributed by atoms with van der Waals surface area (Å²) in [6, 6.07) is 10.3. The number of anilines is 1. The van der Waals surface area contributed by atoms with E-state index >= 15 is 0 Å². The van der Waals surface area contributed by atoms with Crippen LogP contribution >= 0.6 is 0 Å². The minimum absolute atomic E-state index is 0.0487. The molecule has 0 spiro atoms. The molecule has 1 amide bonds. The highest BCUT2D eigenvalue weighted by Crippen LogP contribution is 2.18. The summed E-state index contributed by atoms with van der Waals surface area (Å²) in [5.74, 6) is -0.404. The molecule has 4 rings (SSSR count). The second-order valence-corrected chi connectivity index (χ2v) is 8.82. The minimum atomic E-state index is -3.65. The first-order valence-corrected chi connectivity index (χ1v) is 11.2. The van der Waals surface area contributed by atoms with Crippen molar-refractivity contribution < 1.29 is 13.2 Å². The van der Waals surface area contributed by atoms with Gasteiger partial charge in [0, 0.05) is 30.7 Å². The van der Waals surface area contributed by atoms with Crippen LogP contribution in [0.15, 0.2) is 66.1 Å². The predicted octanol–water partition coefficient (Wildman–Crippen LogP) is 2.44. The van der Waals surface area contributed by atoms with Crippen molar-refractivity contribution in [1.82, 2.24) is 23.9 Å². The van der Waals surface area contributed by atoms with Gasteiger partial charge in [0.05, 0.1) is 29.0 Å². The molecular weight excluding hydrogens is 416 g/mol. The second kappa shape index (κ2) is 8.32. The number of aryl methyl sites for hydroxylation is 1. The fourth-order valence-electron chi connectivity index (χ4n) is 3.23. The standard InChI is InChI=1S/C21H22N6O3S/c1-3-23-31(29,30)18-8-7-15(2)19(10-18)21(28)25-16-11-22-27(13-16)14-17-12-26-9-5-4-6-20(26)24-17/h4-13,23H,3,14H2,1-2H3,(H,25,28). The van der Waals surface area contributed by atoms with E-state index in [9.17, 15) is 13.2 Å². The zero-order valence-corrected chi connectivity index (χ0v) is 17.9. The average molecular weight is 439 g/mol. The Morgan fingerprint density at radius 3 is 2.77 bits per heavy atom. The molecule has 10 heteroatoms. The third-order valence-electron chi connectivity index (χ3n) is 4.73. The van der Waals surface area contributed by atoms with Crippen molar-refractivity contribution >= 4 is 27.3 Å². The van der Waals surface area contributed by atoms with Gasteiger partial charge in [-0.3, -0.25) is 9.48 Å². The van der Waals surface area contributed by atoms with Crippen molar-refractivity contribution in [3.63, 3.8) is 0 Å². The van der Waals surface area contributed by atoms with Gasteiger partial charge in [-0.2, -0.15) is 5.10 Å². The van der Waals surface area contributed by atoms with Gasteiger partial charge in [-0.25, -0.2) is 18.1 Å². The molecule has 4 aromatic rings. The number of pyridine rings is 1. The lowest BCUT2D eigenvalue weighted by molar-refractivity contribution is 0.102. The number of sulfonamides is 1. The zero-order chi connectivity index (χ0) is 22.0. The first-order chi connectivity index (χ1) is 14.9. The highest BCUT2D eigenvalue weighted by atomic mass is 32.2. The summed E-state index contributed by atoms with van der Waals surface area (Å²) in [5, 5.41) is 7.06. The summed E-state index contributed by atoms with van der Waals surface area (Å²) >= 11 is 0. The maximum Gasteiger partial charge on any atom is 0.256 e. The number of rotatable bonds is 7. The first kappa shape index (κ1) is 20.8. The van der Waals surface area contributed by atoms with Crippen LogP contribution in [0.4, 0.5) is 5.69 Å². The van der Waals surface area contributed by atoms with Crippen LogP contribution in [0.5, 0.6) is 0 Å². The van der Waals surface area contributed by atoms with E-state index in [2.05, 4.69) is 20.1 Å². The molecule has 3 aromatic heterocycles. The van der Waals surface area contributed by atoms with Crippen molar-refractivity contribution in [2.45, 2.75) is 25.3 Å². The smallest absolute Gasteiger partial charge is 0.256 e. The number of benzene rings is 1. The molecule has 0 atom stereocenters. The van der Waals surface area contributed by atoms with E-state index in [1.807, 2.05) is 35.0 Å². The largest absolute Gasteiger partial charge is 0.319 e. The molecule has 0 fully saturated rings. The minimum Gasteiger partial charge on any atom is -0.319 e. The van der Waals surface area contributed by atoms with Gasteiger partial charge in [0.1, 0.15) is 5.65 Å². The third kappa shape index (κ3) is 4.49. The van der Waals surface area contributed by atoms with E-state index in [0.717, 1.165) is 11.3 Å². The normalized spacial score (nSPS) is 11.7. The topological polar surface area (TPSA) is 110 Å². The SMILES string of the molecule is CCNS(=O)(=O)c1ccc(C)c(C(=O)Nc2cnn(Cc3cn4ccccc4n3)c2)c1. The fourth-order valence-corrected chi connectivity index (χ4v) is 4.30. The van der Waals surface area contributed by atoms with Crippen LogP contribution in [-0.4, -0.2) is 40.0 Å². The predicted molar refractivity (Wildman–Crippen MR) is 117 cm³/mol. The number of carbonyl (C=O) groups excluding carboxylic acids is 1. The second-order valence-electron chi connectivity index (χ2n) is 7.06. The number of fused-ring (bicyclic) bond motifs is 1. The van der Waals surface area contributed by atoms with Gasteiger partial charge in [-0.15, -0.1) is 0 Å². The molecular formula is C21H22N6O3S. The summed E-state index contributed by atoms with van der Waals surface area (Å²) in [7, 11) is -3.65. The number of nitrogens with one attached hydrogen (secondary N) is 2. The Hall–Kier alpha value is -3.50. The van der Waals surface area contributed by atoms with E-state index in [0.29, 0.717) is 17.8 Å². The quantitative estimate of drug-likeness (QED) is 0.460. The number of hydrogen-bond acceptors (Lipinski definition) is 5. The number of carbonyl (C=O) groups is 1. The Morgan fingerprint density at radius 2 is 2.00 bits per heavy atom. The summed E-state index contributed by atoms with van der Waals surface area (Å²) in [5.41, 5.74) is 3.15. The molecule has 0 aliphatic carbocycles. The van der Waals surface area contributed by atoms with Crippen molar-refractivity contribution in [1.29, 1.82) is 0 Å². The lowest BCUT2D eigenvalue weighted by atomic mass is 10.1. The number of nitrogens with zero attached hydrogens (tertiary/aromatic N) is 4. The molecule has 9 nitrogen and oxygen atoms in total. The lowest BCUT2D eigenvalue weighted by Gasteiger charge is -2.10. The van der Waals surface area contributed by atoms with Crippen LogP contribution in [0.1, 0.15) is 28.5 Å². The molecule has 160 valence electrons. The molecule has 0 unspecified atom stereocenters. The first-order valence-electron chi connectivity index (χ1n) is 9.72. The van der Waals surface area contributed by atoms with Crippen molar-refractivity contribution in [2.24, 2.45) is 0 Å². The van der Waals surface area contributed by atoms with Crippen LogP contribution in [0, 0.1) is 6.92 Å². The molecule has 0 aliphatic rings. The van der Waals surface area contributed by atoms with Gasteiger partial charge in [0.15, 0.2) is 0 Å². The number of aromatic nitrogens is 4. The monoisotopic (exact) mass is 438 g/mol. The summed E-state index contributed by atoms with van der Waals surface area (Å²) in [4.78, 5) is 17.4. The fraction of sp³-hybridized carbons (Fsp3) is 0.190. The molecule has 1 aromatic carbocycles. The van der Waals surface area contributed by atoms with Gasteiger partial charge in [-0.05, 0) is 36.8 Å². The Balaban J connectivity index is 1.50. The summed E-state index contributed by atoms with van der Waals surface area (Å²) in [6.45, 7) is 4.17.